The molecule has 0 fully saturated rings. The molecule has 5 nitrogen and oxygen atoms in total. The Balaban J connectivity index is 2.33. The normalized spacial score (nSPS) is 11.6. The van der Waals surface area contributed by atoms with Crippen LogP contribution in [0.1, 0.15) is 5.56 Å². The quantitative estimate of drug-likeness (QED) is 0.859. The number of nitrogens with zero attached hydrogens (tertiary/aromatic N) is 1. The van der Waals surface area contributed by atoms with Gasteiger partial charge in [0.05, 0.1) is 7.11 Å². The third-order valence-corrected chi connectivity index (χ3v) is 4.97. The molecule has 21 heavy (non-hydrogen) atoms. The minimum Gasteiger partial charge on any atom is -0.495 e. The zero-order valence-electron chi connectivity index (χ0n) is 12.0. The average Bonchev–Trinajstić information content (AvgIpc) is 2.47. The van der Waals surface area contributed by atoms with Crippen LogP contribution in [0.4, 0.5) is 5.69 Å². The monoisotopic (exact) mass is 306 g/mol. The first kappa shape index (κ1) is 15.3. The molecule has 0 atom stereocenters. The minimum absolute atomic E-state index is 0.109. The van der Waals surface area contributed by atoms with Crippen LogP contribution in [-0.2, 0) is 16.6 Å². The summed E-state index contributed by atoms with van der Waals surface area (Å²) in [5.74, 6) is 0.245. The summed E-state index contributed by atoms with van der Waals surface area (Å²) < 4.78 is 31.7. The Kier molecular flexibility index (Phi) is 4.50. The molecule has 0 aliphatic heterocycles. The summed E-state index contributed by atoms with van der Waals surface area (Å²) in [5.41, 5.74) is 7.03. The van der Waals surface area contributed by atoms with E-state index >= 15 is 0 Å². The highest BCUT2D eigenvalue weighted by Gasteiger charge is 2.24. The van der Waals surface area contributed by atoms with Crippen LogP contribution in [-0.4, -0.2) is 26.9 Å². The lowest BCUT2D eigenvalue weighted by molar-refractivity contribution is 0.398. The van der Waals surface area contributed by atoms with E-state index in [1.165, 1.54) is 30.6 Å². The van der Waals surface area contributed by atoms with Gasteiger partial charge in [0.25, 0.3) is 0 Å². The second-order valence-electron chi connectivity index (χ2n) is 4.66. The molecule has 0 aliphatic carbocycles. The van der Waals surface area contributed by atoms with Gasteiger partial charge in [-0.25, -0.2) is 8.42 Å². The Morgan fingerprint density at radius 2 is 1.81 bits per heavy atom. The molecule has 0 aliphatic rings. The summed E-state index contributed by atoms with van der Waals surface area (Å²) in [7, 11) is -0.682. The number of sulfonamides is 1. The van der Waals surface area contributed by atoms with E-state index in [1.54, 1.807) is 6.07 Å². The van der Waals surface area contributed by atoms with E-state index in [0.717, 1.165) is 5.56 Å². The first-order valence-corrected chi connectivity index (χ1v) is 7.83. The predicted octanol–water partition coefficient (Wildman–Crippen LogP) is 2.10. The number of methoxy groups -OCH3 is 1. The lowest BCUT2D eigenvalue weighted by Crippen LogP contribution is -2.26. The summed E-state index contributed by atoms with van der Waals surface area (Å²) in [6.07, 6.45) is 0. The van der Waals surface area contributed by atoms with Gasteiger partial charge in [0.15, 0.2) is 0 Å². The van der Waals surface area contributed by atoms with Crippen LogP contribution >= 0.6 is 0 Å². The number of nitrogen functional groups attached to an aromatic ring is 1. The van der Waals surface area contributed by atoms with Gasteiger partial charge < -0.3 is 10.5 Å². The molecule has 6 heteroatoms. The van der Waals surface area contributed by atoms with Crippen molar-refractivity contribution >= 4 is 15.7 Å². The van der Waals surface area contributed by atoms with Crippen LogP contribution in [0.5, 0.6) is 5.75 Å². The molecule has 0 amide bonds. The van der Waals surface area contributed by atoms with Gasteiger partial charge in [-0.2, -0.15) is 4.31 Å². The van der Waals surface area contributed by atoms with E-state index in [9.17, 15) is 8.42 Å². The molecule has 0 unspecified atom stereocenters. The number of ether oxygens (including phenoxy) is 1. The second kappa shape index (κ2) is 6.15. The van der Waals surface area contributed by atoms with Gasteiger partial charge in [-0.05, 0) is 17.7 Å². The van der Waals surface area contributed by atoms with Crippen molar-refractivity contribution in [2.75, 3.05) is 19.9 Å². The maximum absolute atomic E-state index is 12.6. The van der Waals surface area contributed by atoms with Gasteiger partial charge in [0, 0.05) is 25.3 Å². The zero-order chi connectivity index (χ0) is 15.5. The molecular weight excluding hydrogens is 288 g/mol. The van der Waals surface area contributed by atoms with E-state index in [0.29, 0.717) is 5.69 Å². The zero-order valence-corrected chi connectivity index (χ0v) is 12.8. The van der Waals surface area contributed by atoms with Crippen LogP contribution in [0, 0.1) is 0 Å². The van der Waals surface area contributed by atoms with Crippen molar-refractivity contribution in [1.29, 1.82) is 0 Å². The highest BCUT2D eigenvalue weighted by Crippen LogP contribution is 2.28. The SMILES string of the molecule is COc1cc(N)ccc1S(=O)(=O)N(C)Cc1ccccc1. The van der Waals surface area contributed by atoms with Crippen LogP contribution in [0.3, 0.4) is 0 Å². The van der Waals surface area contributed by atoms with Gasteiger partial charge in [-0.1, -0.05) is 30.3 Å². The molecule has 0 saturated carbocycles. The Bertz CT molecular complexity index is 715. The standard InChI is InChI=1S/C15H18N2O3S/c1-17(11-12-6-4-3-5-7-12)21(18,19)15-9-8-13(16)10-14(15)20-2/h3-10H,11,16H2,1-2H3. The van der Waals surface area contributed by atoms with Crippen molar-refractivity contribution in [1.82, 2.24) is 4.31 Å². The summed E-state index contributed by atoms with van der Waals surface area (Å²) in [5, 5.41) is 0. The minimum atomic E-state index is -3.64. The summed E-state index contributed by atoms with van der Waals surface area (Å²) >= 11 is 0. The average molecular weight is 306 g/mol. The van der Waals surface area contributed by atoms with Crippen molar-refractivity contribution in [3.8, 4) is 5.75 Å². The predicted molar refractivity (Wildman–Crippen MR) is 82.5 cm³/mol. The second-order valence-corrected chi connectivity index (χ2v) is 6.67. The van der Waals surface area contributed by atoms with Gasteiger partial charge >= 0.3 is 0 Å². The fourth-order valence-corrected chi connectivity index (χ4v) is 3.28. The molecule has 0 bridgehead atoms. The highest BCUT2D eigenvalue weighted by atomic mass is 32.2. The number of rotatable bonds is 5. The smallest absolute Gasteiger partial charge is 0.246 e. The molecular formula is C15H18N2O3S. The van der Waals surface area contributed by atoms with Crippen molar-refractivity contribution in [2.24, 2.45) is 0 Å². The fourth-order valence-electron chi connectivity index (χ4n) is 1.99. The lowest BCUT2D eigenvalue weighted by Gasteiger charge is -2.19. The Morgan fingerprint density at radius 1 is 1.14 bits per heavy atom. The van der Waals surface area contributed by atoms with Crippen molar-refractivity contribution < 1.29 is 13.2 Å². The molecule has 2 aromatic carbocycles. The van der Waals surface area contributed by atoms with Crippen LogP contribution in [0.2, 0.25) is 0 Å². The number of hydrogen-bond acceptors (Lipinski definition) is 4. The fraction of sp³-hybridized carbons (Fsp3) is 0.200. The Morgan fingerprint density at radius 3 is 2.43 bits per heavy atom. The van der Waals surface area contributed by atoms with Gasteiger partial charge in [-0.3, -0.25) is 0 Å². The third-order valence-electron chi connectivity index (χ3n) is 3.12. The summed E-state index contributed by atoms with van der Waals surface area (Å²) in [6.45, 7) is 0.288. The number of hydrogen-bond donors (Lipinski definition) is 1. The van der Waals surface area contributed by atoms with Gasteiger partial charge in [0.2, 0.25) is 10.0 Å². The largest absolute Gasteiger partial charge is 0.495 e. The molecule has 112 valence electrons. The van der Waals surface area contributed by atoms with Gasteiger partial charge in [-0.15, -0.1) is 0 Å². The van der Waals surface area contributed by atoms with Crippen LogP contribution in [0.15, 0.2) is 53.4 Å². The van der Waals surface area contributed by atoms with E-state index in [1.807, 2.05) is 30.3 Å². The Hall–Kier alpha value is -2.05. The van der Waals surface area contributed by atoms with Crippen molar-refractivity contribution in [3.63, 3.8) is 0 Å². The molecule has 0 heterocycles. The molecule has 0 aromatic heterocycles. The van der Waals surface area contributed by atoms with E-state index in [-0.39, 0.29) is 17.2 Å². The molecule has 0 radical (unpaired) electrons. The molecule has 0 saturated heterocycles. The van der Waals surface area contributed by atoms with E-state index < -0.39 is 10.0 Å². The topological polar surface area (TPSA) is 72.6 Å². The summed E-state index contributed by atoms with van der Waals surface area (Å²) in [6, 6.07) is 13.9. The maximum atomic E-state index is 12.6. The van der Waals surface area contributed by atoms with Crippen molar-refractivity contribution in [2.45, 2.75) is 11.4 Å². The third kappa shape index (κ3) is 3.34. The summed E-state index contributed by atoms with van der Waals surface area (Å²) in [4.78, 5) is 0.109. The maximum Gasteiger partial charge on any atom is 0.246 e. The van der Waals surface area contributed by atoms with Gasteiger partial charge in [0.1, 0.15) is 10.6 Å². The molecule has 2 N–H and O–H groups in total. The Labute approximate surface area is 125 Å². The first-order valence-electron chi connectivity index (χ1n) is 6.39. The highest BCUT2D eigenvalue weighted by molar-refractivity contribution is 7.89. The van der Waals surface area contributed by atoms with Crippen LogP contribution < -0.4 is 10.5 Å². The van der Waals surface area contributed by atoms with Crippen molar-refractivity contribution in [3.05, 3.63) is 54.1 Å². The molecule has 2 rings (SSSR count). The number of anilines is 1. The molecule has 2 aromatic rings. The van der Waals surface area contributed by atoms with E-state index in [2.05, 4.69) is 0 Å². The number of nitrogens with two attached hydrogens (primary N) is 1. The molecule has 0 spiro atoms. The number of benzene rings is 2. The first-order chi connectivity index (χ1) is 9.95. The van der Waals surface area contributed by atoms with E-state index in [4.69, 9.17) is 10.5 Å². The van der Waals surface area contributed by atoms with Crippen LogP contribution in [0.25, 0.3) is 0 Å². The lowest BCUT2D eigenvalue weighted by atomic mass is 10.2.